The number of rotatable bonds is 2. The molecule has 0 N–H and O–H groups in total. The maximum Gasteiger partial charge on any atom is 0.268 e. The Morgan fingerprint density at radius 2 is 2.19 bits per heavy atom. The van der Waals surface area contributed by atoms with Crippen molar-refractivity contribution in [1.82, 2.24) is 14.5 Å². The Morgan fingerprint density at radius 1 is 1.38 bits per heavy atom. The van der Waals surface area contributed by atoms with E-state index in [1.165, 1.54) is 6.20 Å². The zero-order valence-electron chi connectivity index (χ0n) is 8.72. The van der Waals surface area contributed by atoms with Gasteiger partial charge in [-0.25, -0.2) is 4.98 Å². The standard InChI is InChI=1S/C11H10BrN3O/c1-8-14-6-10(12)11(16)15(8)7-9-4-2-3-5-13-9/h2-6H,7H2,1H3. The third-order valence-electron chi connectivity index (χ3n) is 2.25. The van der Waals surface area contributed by atoms with Gasteiger partial charge in [0.25, 0.3) is 5.56 Å². The molecule has 5 heteroatoms. The summed E-state index contributed by atoms with van der Waals surface area (Å²) in [6.45, 7) is 2.24. The van der Waals surface area contributed by atoms with Gasteiger partial charge in [-0.15, -0.1) is 0 Å². The Kier molecular flexibility index (Phi) is 3.14. The molecule has 0 aliphatic carbocycles. The topological polar surface area (TPSA) is 47.8 Å². The molecule has 0 aliphatic rings. The van der Waals surface area contributed by atoms with Crippen LogP contribution in [0.5, 0.6) is 0 Å². The van der Waals surface area contributed by atoms with Gasteiger partial charge in [0.15, 0.2) is 0 Å². The molecular formula is C11H10BrN3O. The van der Waals surface area contributed by atoms with E-state index in [2.05, 4.69) is 25.9 Å². The fraction of sp³-hybridized carbons (Fsp3) is 0.182. The lowest BCUT2D eigenvalue weighted by Gasteiger charge is -2.08. The first-order chi connectivity index (χ1) is 7.68. The van der Waals surface area contributed by atoms with Crippen LogP contribution >= 0.6 is 15.9 Å². The molecule has 0 unspecified atom stereocenters. The van der Waals surface area contributed by atoms with Gasteiger partial charge in [-0.1, -0.05) is 6.07 Å². The predicted molar refractivity (Wildman–Crippen MR) is 64.3 cm³/mol. The molecule has 0 spiro atoms. The van der Waals surface area contributed by atoms with Crippen molar-refractivity contribution in [2.75, 3.05) is 0 Å². The summed E-state index contributed by atoms with van der Waals surface area (Å²) in [5, 5.41) is 0. The van der Waals surface area contributed by atoms with E-state index in [4.69, 9.17) is 0 Å². The highest BCUT2D eigenvalue weighted by Crippen LogP contribution is 2.03. The summed E-state index contributed by atoms with van der Waals surface area (Å²) in [6.07, 6.45) is 3.23. The monoisotopic (exact) mass is 279 g/mol. The Morgan fingerprint density at radius 3 is 2.88 bits per heavy atom. The number of hydrogen-bond acceptors (Lipinski definition) is 3. The second kappa shape index (κ2) is 4.57. The van der Waals surface area contributed by atoms with Gasteiger partial charge < -0.3 is 0 Å². The molecule has 4 nitrogen and oxygen atoms in total. The lowest BCUT2D eigenvalue weighted by Crippen LogP contribution is -2.24. The van der Waals surface area contributed by atoms with E-state index in [-0.39, 0.29) is 5.56 Å². The molecule has 0 bridgehead atoms. The molecule has 0 saturated carbocycles. The van der Waals surface area contributed by atoms with Crippen molar-refractivity contribution < 1.29 is 0 Å². The third kappa shape index (κ3) is 2.19. The van der Waals surface area contributed by atoms with Gasteiger partial charge in [0, 0.05) is 12.4 Å². The molecule has 0 aromatic carbocycles. The Hall–Kier alpha value is -1.49. The fourth-order valence-corrected chi connectivity index (χ4v) is 1.71. The summed E-state index contributed by atoms with van der Waals surface area (Å²) in [5.41, 5.74) is 0.755. The molecular weight excluding hydrogens is 270 g/mol. The van der Waals surface area contributed by atoms with Gasteiger partial charge in [-0.2, -0.15) is 0 Å². The minimum atomic E-state index is -0.0850. The van der Waals surface area contributed by atoms with Crippen LogP contribution in [0.1, 0.15) is 11.5 Å². The van der Waals surface area contributed by atoms with E-state index >= 15 is 0 Å². The van der Waals surface area contributed by atoms with Crippen LogP contribution in [0, 0.1) is 6.92 Å². The van der Waals surface area contributed by atoms with Crippen LogP contribution in [0.4, 0.5) is 0 Å². The molecule has 2 aromatic heterocycles. The lowest BCUT2D eigenvalue weighted by molar-refractivity contribution is 0.682. The first-order valence-electron chi connectivity index (χ1n) is 4.80. The molecule has 0 radical (unpaired) electrons. The maximum absolute atomic E-state index is 11.8. The summed E-state index contributed by atoms with van der Waals surface area (Å²) in [4.78, 5) is 20.1. The van der Waals surface area contributed by atoms with Gasteiger partial charge in [0.2, 0.25) is 0 Å². The zero-order chi connectivity index (χ0) is 11.5. The number of hydrogen-bond donors (Lipinski definition) is 0. The second-order valence-electron chi connectivity index (χ2n) is 3.37. The van der Waals surface area contributed by atoms with E-state index in [9.17, 15) is 4.79 Å². The first-order valence-corrected chi connectivity index (χ1v) is 5.59. The molecule has 0 fully saturated rings. The maximum atomic E-state index is 11.8. The Labute approximate surface area is 101 Å². The van der Waals surface area contributed by atoms with Crippen LogP contribution in [0.15, 0.2) is 39.9 Å². The summed E-state index contributed by atoms with van der Waals surface area (Å²) in [6, 6.07) is 5.62. The molecule has 82 valence electrons. The summed E-state index contributed by atoms with van der Waals surface area (Å²) >= 11 is 3.18. The fourth-order valence-electron chi connectivity index (χ4n) is 1.39. The minimum absolute atomic E-state index is 0.0850. The molecule has 0 atom stereocenters. The third-order valence-corrected chi connectivity index (χ3v) is 2.80. The van der Waals surface area contributed by atoms with Crippen molar-refractivity contribution in [2.45, 2.75) is 13.5 Å². The van der Waals surface area contributed by atoms with E-state index in [1.54, 1.807) is 17.7 Å². The van der Waals surface area contributed by atoms with Crippen LogP contribution in [0.25, 0.3) is 0 Å². The molecule has 2 heterocycles. The first kappa shape index (κ1) is 11.0. The lowest BCUT2D eigenvalue weighted by atomic mass is 10.3. The van der Waals surface area contributed by atoms with E-state index < -0.39 is 0 Å². The van der Waals surface area contributed by atoms with Crippen molar-refractivity contribution in [3.8, 4) is 0 Å². The van der Waals surface area contributed by atoms with Crippen LogP contribution in [0.2, 0.25) is 0 Å². The predicted octanol–water partition coefficient (Wildman–Crippen LogP) is 1.76. The van der Waals surface area contributed by atoms with Crippen molar-refractivity contribution >= 4 is 15.9 Å². The quantitative estimate of drug-likeness (QED) is 0.842. The molecule has 0 aliphatic heterocycles. The highest BCUT2D eigenvalue weighted by molar-refractivity contribution is 9.10. The number of halogens is 1. The van der Waals surface area contributed by atoms with Crippen molar-refractivity contribution in [2.24, 2.45) is 0 Å². The Balaban J connectivity index is 2.43. The number of aromatic nitrogens is 3. The van der Waals surface area contributed by atoms with Gasteiger partial charge in [-0.05, 0) is 35.0 Å². The van der Waals surface area contributed by atoms with Crippen LogP contribution in [-0.4, -0.2) is 14.5 Å². The van der Waals surface area contributed by atoms with Crippen molar-refractivity contribution in [3.05, 3.63) is 56.9 Å². The molecule has 2 aromatic rings. The van der Waals surface area contributed by atoms with Gasteiger partial charge in [-0.3, -0.25) is 14.3 Å². The number of pyridine rings is 1. The average molecular weight is 280 g/mol. The van der Waals surface area contributed by atoms with Crippen molar-refractivity contribution in [1.29, 1.82) is 0 Å². The Bertz CT molecular complexity index is 551. The van der Waals surface area contributed by atoms with Crippen LogP contribution in [-0.2, 0) is 6.54 Å². The molecule has 2 rings (SSSR count). The summed E-state index contributed by atoms with van der Waals surface area (Å²) in [7, 11) is 0. The smallest absolute Gasteiger partial charge is 0.268 e. The highest BCUT2D eigenvalue weighted by atomic mass is 79.9. The molecule has 16 heavy (non-hydrogen) atoms. The summed E-state index contributed by atoms with van der Waals surface area (Å²) < 4.78 is 2.06. The van der Waals surface area contributed by atoms with Gasteiger partial charge in [0.05, 0.1) is 12.2 Å². The van der Waals surface area contributed by atoms with E-state index in [0.717, 1.165) is 5.69 Å². The van der Waals surface area contributed by atoms with E-state index in [1.807, 2.05) is 18.2 Å². The molecule has 0 amide bonds. The van der Waals surface area contributed by atoms with Gasteiger partial charge in [0.1, 0.15) is 10.3 Å². The number of aryl methyl sites for hydroxylation is 1. The normalized spacial score (nSPS) is 10.4. The highest BCUT2D eigenvalue weighted by Gasteiger charge is 2.06. The van der Waals surface area contributed by atoms with Crippen LogP contribution < -0.4 is 5.56 Å². The average Bonchev–Trinajstić information content (AvgIpc) is 2.31. The SMILES string of the molecule is Cc1ncc(Br)c(=O)n1Cc1ccccn1. The molecule has 0 saturated heterocycles. The number of nitrogens with zero attached hydrogens (tertiary/aromatic N) is 3. The van der Waals surface area contributed by atoms with E-state index in [0.29, 0.717) is 16.8 Å². The van der Waals surface area contributed by atoms with Crippen molar-refractivity contribution in [3.63, 3.8) is 0 Å². The van der Waals surface area contributed by atoms with Gasteiger partial charge >= 0.3 is 0 Å². The zero-order valence-corrected chi connectivity index (χ0v) is 10.3. The summed E-state index contributed by atoms with van der Waals surface area (Å²) in [5.74, 6) is 0.679. The second-order valence-corrected chi connectivity index (χ2v) is 4.22. The largest absolute Gasteiger partial charge is 0.290 e. The van der Waals surface area contributed by atoms with Crippen LogP contribution in [0.3, 0.4) is 0 Å². The minimum Gasteiger partial charge on any atom is -0.290 e.